The second kappa shape index (κ2) is 7.85. The zero-order chi connectivity index (χ0) is 20.3. The van der Waals surface area contributed by atoms with Gasteiger partial charge in [-0.15, -0.1) is 0 Å². The Morgan fingerprint density at radius 1 is 1.29 bits per heavy atom. The predicted molar refractivity (Wildman–Crippen MR) is 88.4 cm³/mol. The third kappa shape index (κ3) is 4.39. The van der Waals surface area contributed by atoms with Crippen LogP contribution in [0.5, 0.6) is 5.75 Å². The number of nitrogens with one attached hydrogen (secondary N) is 1. The quantitative estimate of drug-likeness (QED) is 0.461. The van der Waals surface area contributed by atoms with Gasteiger partial charge < -0.3 is 9.47 Å². The van der Waals surface area contributed by atoms with Crippen LogP contribution < -0.4 is 10.2 Å². The minimum absolute atomic E-state index is 0.0249. The van der Waals surface area contributed by atoms with Crippen LogP contribution in [0.3, 0.4) is 0 Å². The molecule has 0 fully saturated rings. The summed E-state index contributed by atoms with van der Waals surface area (Å²) in [5.74, 6) is -1.66. The Kier molecular flexibility index (Phi) is 5.50. The van der Waals surface area contributed by atoms with Gasteiger partial charge in [0.2, 0.25) is 5.90 Å². The maximum atomic E-state index is 14.3. The fourth-order valence-electron chi connectivity index (χ4n) is 2.49. The van der Waals surface area contributed by atoms with Crippen LogP contribution in [0, 0.1) is 5.82 Å². The van der Waals surface area contributed by atoms with Crippen molar-refractivity contribution in [2.75, 3.05) is 6.61 Å². The van der Waals surface area contributed by atoms with Crippen molar-refractivity contribution in [1.29, 1.82) is 0 Å². The van der Waals surface area contributed by atoms with Crippen molar-refractivity contribution >= 4 is 11.8 Å². The van der Waals surface area contributed by atoms with E-state index < -0.39 is 29.5 Å². The third-order valence-corrected chi connectivity index (χ3v) is 3.89. The minimum atomic E-state index is -4.48. The van der Waals surface area contributed by atoms with E-state index in [-0.39, 0.29) is 36.0 Å². The topological polar surface area (TPSA) is 80.2 Å². The molecule has 2 N–H and O–H groups in total. The molecule has 0 aromatic heterocycles. The summed E-state index contributed by atoms with van der Waals surface area (Å²) in [6, 6.07) is 7.39. The average Bonchev–Trinajstić information content (AvgIpc) is 3.16. The molecule has 10 heteroatoms. The molecule has 0 saturated heterocycles. The molecule has 6 nitrogen and oxygen atoms in total. The van der Waals surface area contributed by atoms with Crippen LogP contribution in [0.2, 0.25) is 0 Å². The van der Waals surface area contributed by atoms with Crippen LogP contribution in [0.4, 0.5) is 17.6 Å². The van der Waals surface area contributed by atoms with Crippen LogP contribution in [-0.2, 0) is 22.3 Å². The second-order valence-electron chi connectivity index (χ2n) is 5.87. The van der Waals surface area contributed by atoms with Gasteiger partial charge in [0.15, 0.2) is 17.6 Å². The molecule has 1 heterocycles. The van der Waals surface area contributed by atoms with E-state index in [9.17, 15) is 22.4 Å². The monoisotopic (exact) mass is 398 g/mol. The molecule has 0 bridgehead atoms. The number of ether oxygens (including phenoxy) is 2. The first kappa shape index (κ1) is 19.6. The zero-order valence-electron chi connectivity index (χ0n) is 14.2. The molecule has 0 saturated carbocycles. The Morgan fingerprint density at radius 2 is 2.07 bits per heavy atom. The van der Waals surface area contributed by atoms with Gasteiger partial charge in [-0.3, -0.25) is 10.0 Å². The minimum Gasteiger partial charge on any atom is -0.486 e. The number of amides is 1. The van der Waals surface area contributed by atoms with Crippen molar-refractivity contribution in [2.45, 2.75) is 18.8 Å². The number of alkyl halides is 3. The zero-order valence-corrected chi connectivity index (χ0v) is 14.2. The summed E-state index contributed by atoms with van der Waals surface area (Å²) in [6.07, 6.45) is -4.48. The molecule has 0 radical (unpaired) electrons. The predicted octanol–water partition coefficient (Wildman–Crippen LogP) is 3.07. The number of aliphatic imine (C=N–C) groups is 1. The van der Waals surface area contributed by atoms with Gasteiger partial charge in [0.05, 0.1) is 5.56 Å². The Balaban J connectivity index is 1.70. The van der Waals surface area contributed by atoms with Crippen molar-refractivity contribution in [3.8, 4) is 5.75 Å². The summed E-state index contributed by atoms with van der Waals surface area (Å²) in [6.45, 7) is -0.354. The SMILES string of the molecule is O=C(NO)[C@H]1COC(c2ccc(OCc3cccc(C(F)(F)F)c3)c(F)c2)=N1. The van der Waals surface area contributed by atoms with Gasteiger partial charge >= 0.3 is 6.18 Å². The van der Waals surface area contributed by atoms with E-state index in [1.165, 1.54) is 29.7 Å². The van der Waals surface area contributed by atoms with Crippen molar-refractivity contribution in [2.24, 2.45) is 4.99 Å². The molecular weight excluding hydrogens is 384 g/mol. The Hall–Kier alpha value is -3.14. The Bertz CT molecular complexity index is 915. The van der Waals surface area contributed by atoms with Gasteiger partial charge in [0.25, 0.3) is 5.91 Å². The number of carbonyl (C=O) groups is 1. The summed E-state index contributed by atoms with van der Waals surface area (Å²) in [5, 5.41) is 8.58. The van der Waals surface area contributed by atoms with Crippen molar-refractivity contribution < 1.29 is 37.0 Å². The van der Waals surface area contributed by atoms with Gasteiger partial charge in [-0.05, 0) is 35.9 Å². The number of carbonyl (C=O) groups excluding carboxylic acids is 1. The number of hydrogen-bond donors (Lipinski definition) is 2. The van der Waals surface area contributed by atoms with E-state index in [0.29, 0.717) is 0 Å². The van der Waals surface area contributed by atoms with Crippen LogP contribution in [0.25, 0.3) is 0 Å². The highest BCUT2D eigenvalue weighted by Gasteiger charge is 2.30. The number of hydroxylamine groups is 1. The molecule has 0 unspecified atom stereocenters. The van der Waals surface area contributed by atoms with Crippen molar-refractivity contribution in [1.82, 2.24) is 5.48 Å². The highest BCUT2D eigenvalue weighted by molar-refractivity contribution is 5.98. The van der Waals surface area contributed by atoms with E-state index in [4.69, 9.17) is 14.7 Å². The summed E-state index contributed by atoms with van der Waals surface area (Å²) >= 11 is 0. The lowest BCUT2D eigenvalue weighted by atomic mass is 10.1. The normalized spacial score (nSPS) is 16.3. The standard InChI is InChI=1S/C18H14F4N2O4/c19-13-7-11(17-23-14(9-28-17)16(25)24-26)4-5-15(13)27-8-10-2-1-3-12(6-10)18(20,21)22/h1-7,14,26H,8-9H2,(H,24,25)/t14-/m1/s1. The van der Waals surface area contributed by atoms with E-state index in [0.717, 1.165) is 18.2 Å². The van der Waals surface area contributed by atoms with Gasteiger partial charge in [0.1, 0.15) is 13.2 Å². The van der Waals surface area contributed by atoms with Crippen molar-refractivity contribution in [3.05, 3.63) is 65.0 Å². The van der Waals surface area contributed by atoms with Crippen LogP contribution in [0.1, 0.15) is 16.7 Å². The van der Waals surface area contributed by atoms with E-state index in [1.54, 1.807) is 0 Å². The average molecular weight is 398 g/mol. The first-order chi connectivity index (χ1) is 13.3. The maximum absolute atomic E-state index is 14.3. The number of rotatable bonds is 5. The van der Waals surface area contributed by atoms with Crippen molar-refractivity contribution in [3.63, 3.8) is 0 Å². The maximum Gasteiger partial charge on any atom is 0.416 e. The fraction of sp³-hybridized carbons (Fsp3) is 0.222. The molecule has 0 spiro atoms. The van der Waals surface area contributed by atoms with Gasteiger partial charge in [0, 0.05) is 5.56 Å². The molecule has 2 aromatic rings. The number of hydrogen-bond acceptors (Lipinski definition) is 5. The van der Waals surface area contributed by atoms with Gasteiger partial charge in [-0.2, -0.15) is 13.2 Å². The fourth-order valence-corrected chi connectivity index (χ4v) is 2.49. The Labute approximate surface area is 156 Å². The third-order valence-electron chi connectivity index (χ3n) is 3.89. The number of benzene rings is 2. The van der Waals surface area contributed by atoms with Crippen LogP contribution in [0.15, 0.2) is 47.5 Å². The molecule has 1 aliphatic heterocycles. The van der Waals surface area contributed by atoms with Gasteiger partial charge in [-0.1, -0.05) is 12.1 Å². The van der Waals surface area contributed by atoms with E-state index in [2.05, 4.69) is 4.99 Å². The molecule has 148 valence electrons. The van der Waals surface area contributed by atoms with Gasteiger partial charge in [-0.25, -0.2) is 14.9 Å². The largest absolute Gasteiger partial charge is 0.486 e. The lowest BCUT2D eigenvalue weighted by molar-refractivity contribution is -0.137. The lowest BCUT2D eigenvalue weighted by Gasteiger charge is -2.11. The number of nitrogens with zero attached hydrogens (tertiary/aromatic N) is 1. The number of halogens is 4. The first-order valence-electron chi connectivity index (χ1n) is 8.01. The summed E-state index contributed by atoms with van der Waals surface area (Å²) in [7, 11) is 0. The summed E-state index contributed by atoms with van der Waals surface area (Å²) < 4.78 is 62.9. The molecule has 1 atom stereocenters. The smallest absolute Gasteiger partial charge is 0.416 e. The second-order valence-corrected chi connectivity index (χ2v) is 5.87. The van der Waals surface area contributed by atoms with E-state index >= 15 is 0 Å². The molecule has 28 heavy (non-hydrogen) atoms. The highest BCUT2D eigenvalue weighted by atomic mass is 19.4. The molecule has 1 amide bonds. The summed E-state index contributed by atoms with van der Waals surface area (Å²) in [5.41, 5.74) is 1.12. The van der Waals surface area contributed by atoms with Crippen LogP contribution >= 0.6 is 0 Å². The molecule has 1 aliphatic rings. The molecule has 2 aromatic carbocycles. The first-order valence-corrected chi connectivity index (χ1v) is 8.01. The highest BCUT2D eigenvalue weighted by Crippen LogP contribution is 2.30. The lowest BCUT2D eigenvalue weighted by Crippen LogP contribution is -2.31. The molecule has 3 rings (SSSR count). The molecular formula is C18H14F4N2O4. The summed E-state index contributed by atoms with van der Waals surface area (Å²) in [4.78, 5) is 15.2. The molecule has 0 aliphatic carbocycles. The van der Waals surface area contributed by atoms with E-state index in [1.807, 2.05) is 0 Å². The van der Waals surface area contributed by atoms with Crippen LogP contribution in [-0.4, -0.2) is 29.7 Å². The Morgan fingerprint density at radius 3 is 2.75 bits per heavy atom.